The number of nitrogens with zero attached hydrogens (tertiary/aromatic N) is 2. The van der Waals surface area contributed by atoms with Gasteiger partial charge in [0.15, 0.2) is 0 Å². The van der Waals surface area contributed by atoms with Gasteiger partial charge in [-0.05, 0) is 40.9 Å². The van der Waals surface area contributed by atoms with Crippen molar-refractivity contribution in [2.24, 2.45) is 0 Å². The summed E-state index contributed by atoms with van der Waals surface area (Å²) in [5.41, 5.74) is 4.22. The summed E-state index contributed by atoms with van der Waals surface area (Å²) >= 11 is 1.60. The lowest BCUT2D eigenvalue weighted by atomic mass is 10.2. The molecule has 4 nitrogen and oxygen atoms in total. The van der Waals surface area contributed by atoms with Gasteiger partial charge < -0.3 is 14.8 Å². The maximum Gasteiger partial charge on any atom is 0.136 e. The predicted molar refractivity (Wildman–Crippen MR) is 80.9 cm³/mol. The molecular formula is C15H17N3OS. The van der Waals surface area contributed by atoms with E-state index in [0.29, 0.717) is 13.1 Å². The molecule has 3 aromatic rings. The van der Waals surface area contributed by atoms with Gasteiger partial charge in [-0.25, -0.2) is 4.98 Å². The van der Waals surface area contributed by atoms with Crippen LogP contribution in [0.3, 0.4) is 0 Å². The number of hydrogen-bond donors (Lipinski definition) is 2. The highest BCUT2D eigenvalue weighted by Gasteiger charge is 2.08. The monoisotopic (exact) mass is 287 g/mol. The van der Waals surface area contributed by atoms with Gasteiger partial charge in [-0.1, -0.05) is 6.07 Å². The first-order valence-electron chi connectivity index (χ1n) is 6.57. The van der Waals surface area contributed by atoms with E-state index >= 15 is 0 Å². The fourth-order valence-electron chi connectivity index (χ4n) is 2.19. The summed E-state index contributed by atoms with van der Waals surface area (Å²) in [6.45, 7) is 3.29. The standard InChI is InChI=1S/C15H17N3OS/c1-11-2-3-15-17-7-13(18(15)9-11)6-16-8-14(19)12-4-5-20-10-12/h2-5,7,9-10,14,16,19H,6,8H2,1H3. The van der Waals surface area contributed by atoms with Crippen molar-refractivity contribution in [1.82, 2.24) is 14.7 Å². The van der Waals surface area contributed by atoms with E-state index < -0.39 is 6.10 Å². The number of imidazole rings is 1. The number of aliphatic hydroxyl groups is 1. The van der Waals surface area contributed by atoms with E-state index in [1.807, 2.05) is 29.1 Å². The smallest absolute Gasteiger partial charge is 0.136 e. The molecule has 2 N–H and O–H groups in total. The molecule has 104 valence electrons. The number of pyridine rings is 1. The molecule has 5 heteroatoms. The molecule has 0 aromatic carbocycles. The fraction of sp³-hybridized carbons (Fsp3) is 0.267. The topological polar surface area (TPSA) is 49.6 Å². The average molecular weight is 287 g/mol. The van der Waals surface area contributed by atoms with E-state index in [-0.39, 0.29) is 0 Å². The molecule has 0 amide bonds. The SMILES string of the molecule is Cc1ccc2ncc(CNCC(O)c3ccsc3)n2c1. The number of fused-ring (bicyclic) bond motifs is 1. The first kappa shape index (κ1) is 13.3. The van der Waals surface area contributed by atoms with Crippen molar-refractivity contribution in [1.29, 1.82) is 0 Å². The molecule has 0 saturated heterocycles. The van der Waals surface area contributed by atoms with Crippen molar-refractivity contribution in [2.75, 3.05) is 6.54 Å². The average Bonchev–Trinajstić information content (AvgIpc) is 3.08. The quantitative estimate of drug-likeness (QED) is 0.758. The number of thiophene rings is 1. The second-order valence-corrected chi connectivity index (χ2v) is 5.67. The lowest BCUT2D eigenvalue weighted by Crippen LogP contribution is -2.21. The third kappa shape index (κ3) is 2.75. The highest BCUT2D eigenvalue weighted by molar-refractivity contribution is 7.07. The van der Waals surface area contributed by atoms with Crippen LogP contribution in [0.2, 0.25) is 0 Å². The fourth-order valence-corrected chi connectivity index (χ4v) is 2.89. The van der Waals surface area contributed by atoms with Crippen LogP contribution in [0.4, 0.5) is 0 Å². The molecule has 1 atom stereocenters. The summed E-state index contributed by atoms with van der Waals surface area (Å²) in [5, 5.41) is 17.3. The molecule has 3 rings (SSSR count). The number of aromatic nitrogens is 2. The van der Waals surface area contributed by atoms with Crippen LogP contribution in [0.15, 0.2) is 41.4 Å². The second kappa shape index (κ2) is 5.75. The third-order valence-electron chi connectivity index (χ3n) is 3.30. The van der Waals surface area contributed by atoms with Gasteiger partial charge in [0.1, 0.15) is 5.65 Å². The molecule has 0 aliphatic carbocycles. The van der Waals surface area contributed by atoms with Crippen LogP contribution in [0.5, 0.6) is 0 Å². The predicted octanol–water partition coefficient (Wildman–Crippen LogP) is 2.53. The van der Waals surface area contributed by atoms with Crippen LogP contribution in [0.25, 0.3) is 5.65 Å². The first-order chi connectivity index (χ1) is 9.74. The van der Waals surface area contributed by atoms with E-state index in [2.05, 4.69) is 33.9 Å². The Bertz CT molecular complexity index is 690. The summed E-state index contributed by atoms with van der Waals surface area (Å²) in [5.74, 6) is 0. The summed E-state index contributed by atoms with van der Waals surface area (Å²) in [7, 11) is 0. The zero-order chi connectivity index (χ0) is 13.9. The normalized spacial score (nSPS) is 12.9. The Labute approximate surface area is 121 Å². The van der Waals surface area contributed by atoms with E-state index in [1.165, 1.54) is 5.56 Å². The molecule has 0 aliphatic rings. The minimum atomic E-state index is -0.456. The van der Waals surface area contributed by atoms with Gasteiger partial charge in [0, 0.05) is 19.3 Å². The van der Waals surface area contributed by atoms with Crippen molar-refractivity contribution in [3.63, 3.8) is 0 Å². The Hall–Kier alpha value is -1.69. The second-order valence-electron chi connectivity index (χ2n) is 4.89. The number of aliphatic hydroxyl groups excluding tert-OH is 1. The highest BCUT2D eigenvalue weighted by Crippen LogP contribution is 2.15. The van der Waals surface area contributed by atoms with E-state index in [0.717, 1.165) is 16.9 Å². The van der Waals surface area contributed by atoms with Crippen molar-refractivity contribution < 1.29 is 5.11 Å². The molecule has 0 saturated carbocycles. The Balaban J connectivity index is 1.64. The van der Waals surface area contributed by atoms with Crippen LogP contribution in [0, 0.1) is 6.92 Å². The highest BCUT2D eigenvalue weighted by atomic mass is 32.1. The molecule has 0 bridgehead atoms. The van der Waals surface area contributed by atoms with E-state index in [9.17, 15) is 5.11 Å². The maximum atomic E-state index is 10.0. The van der Waals surface area contributed by atoms with Crippen LogP contribution < -0.4 is 5.32 Å². The number of hydrogen-bond acceptors (Lipinski definition) is 4. The van der Waals surface area contributed by atoms with Gasteiger partial charge in [-0.15, -0.1) is 0 Å². The third-order valence-corrected chi connectivity index (χ3v) is 4.00. The minimum Gasteiger partial charge on any atom is -0.387 e. The van der Waals surface area contributed by atoms with Gasteiger partial charge in [-0.3, -0.25) is 0 Å². The Morgan fingerprint density at radius 2 is 2.30 bits per heavy atom. The molecule has 3 aromatic heterocycles. The molecule has 3 heterocycles. The summed E-state index contributed by atoms with van der Waals surface area (Å²) in [4.78, 5) is 4.37. The molecular weight excluding hydrogens is 270 g/mol. The van der Waals surface area contributed by atoms with E-state index in [1.54, 1.807) is 11.3 Å². The molecule has 0 spiro atoms. The van der Waals surface area contributed by atoms with Crippen molar-refractivity contribution >= 4 is 17.0 Å². The largest absolute Gasteiger partial charge is 0.387 e. The van der Waals surface area contributed by atoms with Gasteiger partial charge in [0.25, 0.3) is 0 Å². The zero-order valence-electron chi connectivity index (χ0n) is 11.3. The van der Waals surface area contributed by atoms with Gasteiger partial charge in [-0.2, -0.15) is 11.3 Å². The summed E-state index contributed by atoms with van der Waals surface area (Å²) in [6.07, 6.45) is 3.50. The Morgan fingerprint density at radius 1 is 1.40 bits per heavy atom. The van der Waals surface area contributed by atoms with Gasteiger partial charge in [0.2, 0.25) is 0 Å². The van der Waals surface area contributed by atoms with Crippen LogP contribution in [-0.4, -0.2) is 21.0 Å². The minimum absolute atomic E-state index is 0.456. The first-order valence-corrected chi connectivity index (χ1v) is 7.52. The van der Waals surface area contributed by atoms with Crippen molar-refractivity contribution in [2.45, 2.75) is 19.6 Å². The molecule has 0 fully saturated rings. The molecule has 0 aliphatic heterocycles. The lowest BCUT2D eigenvalue weighted by Gasteiger charge is -2.10. The molecule has 1 unspecified atom stereocenters. The molecule has 0 radical (unpaired) electrons. The van der Waals surface area contributed by atoms with Crippen LogP contribution in [-0.2, 0) is 6.54 Å². The van der Waals surface area contributed by atoms with Crippen molar-refractivity contribution in [3.05, 3.63) is 58.2 Å². The van der Waals surface area contributed by atoms with Crippen molar-refractivity contribution in [3.8, 4) is 0 Å². The number of rotatable bonds is 5. The summed E-state index contributed by atoms with van der Waals surface area (Å²) < 4.78 is 2.08. The van der Waals surface area contributed by atoms with Gasteiger partial charge >= 0.3 is 0 Å². The number of nitrogens with one attached hydrogen (secondary N) is 1. The molecule has 20 heavy (non-hydrogen) atoms. The van der Waals surface area contributed by atoms with Gasteiger partial charge in [0.05, 0.1) is 18.0 Å². The Morgan fingerprint density at radius 3 is 3.10 bits per heavy atom. The lowest BCUT2D eigenvalue weighted by molar-refractivity contribution is 0.174. The van der Waals surface area contributed by atoms with Crippen LogP contribution >= 0.6 is 11.3 Å². The Kier molecular flexibility index (Phi) is 3.82. The summed E-state index contributed by atoms with van der Waals surface area (Å²) in [6, 6.07) is 6.02. The number of aryl methyl sites for hydroxylation is 1. The zero-order valence-corrected chi connectivity index (χ0v) is 12.1. The maximum absolute atomic E-state index is 10.0. The van der Waals surface area contributed by atoms with Crippen LogP contribution in [0.1, 0.15) is 22.9 Å². The van der Waals surface area contributed by atoms with E-state index in [4.69, 9.17) is 0 Å².